The third-order valence-electron chi connectivity index (χ3n) is 7.66. The van der Waals surface area contributed by atoms with Crippen LogP contribution in [0.5, 0.6) is 5.88 Å². The van der Waals surface area contributed by atoms with E-state index in [4.69, 9.17) is 14.2 Å². The SMILES string of the molecule is CN1CCCC1COc1ccc2c3c(c(-c4ccc(F)c5sc(NC(=O)OC(C)(C)C)c(C#N)c45)c(F)c2n1)COC3. The zero-order valence-electron chi connectivity index (χ0n) is 23.8. The van der Waals surface area contributed by atoms with Gasteiger partial charge in [0.25, 0.3) is 0 Å². The van der Waals surface area contributed by atoms with Crippen LogP contribution in [0.1, 0.15) is 50.3 Å². The minimum atomic E-state index is -0.779. The Labute approximate surface area is 245 Å². The number of rotatable bonds is 5. The minimum absolute atomic E-state index is 0.0215. The van der Waals surface area contributed by atoms with E-state index in [9.17, 15) is 10.1 Å². The second kappa shape index (κ2) is 10.8. The number of fused-ring (bicyclic) bond motifs is 4. The normalized spacial score (nSPS) is 17.0. The molecule has 218 valence electrons. The Balaban J connectivity index is 1.49. The van der Waals surface area contributed by atoms with Gasteiger partial charge in [0.1, 0.15) is 34.6 Å². The summed E-state index contributed by atoms with van der Waals surface area (Å²) in [5.41, 5.74) is 1.28. The van der Waals surface area contributed by atoms with Crippen LogP contribution in [0.4, 0.5) is 18.6 Å². The maximum Gasteiger partial charge on any atom is 0.412 e. The lowest BCUT2D eigenvalue weighted by atomic mass is 9.90. The Morgan fingerprint density at radius 1 is 1.24 bits per heavy atom. The first-order valence-corrected chi connectivity index (χ1v) is 14.6. The lowest BCUT2D eigenvalue weighted by Crippen LogP contribution is -2.30. The van der Waals surface area contributed by atoms with Crippen molar-refractivity contribution in [2.75, 3.05) is 25.5 Å². The van der Waals surface area contributed by atoms with Gasteiger partial charge in [-0.15, -0.1) is 11.3 Å². The first-order valence-electron chi connectivity index (χ1n) is 13.8. The number of nitriles is 1. The number of amides is 1. The summed E-state index contributed by atoms with van der Waals surface area (Å²) in [6.07, 6.45) is 1.36. The van der Waals surface area contributed by atoms with Gasteiger partial charge in [-0.3, -0.25) is 5.32 Å². The molecule has 1 unspecified atom stereocenters. The van der Waals surface area contributed by atoms with Crippen LogP contribution in [0, 0.1) is 23.0 Å². The van der Waals surface area contributed by atoms with E-state index in [2.05, 4.69) is 28.3 Å². The molecule has 42 heavy (non-hydrogen) atoms. The number of anilines is 1. The maximum atomic E-state index is 16.6. The van der Waals surface area contributed by atoms with E-state index in [0.29, 0.717) is 29.0 Å². The van der Waals surface area contributed by atoms with Crippen molar-refractivity contribution in [2.45, 2.75) is 58.5 Å². The molecule has 0 spiro atoms. The highest BCUT2D eigenvalue weighted by molar-refractivity contribution is 7.23. The molecule has 2 aliphatic heterocycles. The van der Waals surface area contributed by atoms with E-state index < -0.39 is 23.3 Å². The Morgan fingerprint density at radius 3 is 2.74 bits per heavy atom. The average molecular weight is 593 g/mol. The number of carbonyl (C=O) groups is 1. The van der Waals surface area contributed by atoms with E-state index in [1.165, 1.54) is 12.1 Å². The van der Waals surface area contributed by atoms with E-state index in [-0.39, 0.29) is 51.0 Å². The summed E-state index contributed by atoms with van der Waals surface area (Å²) in [7, 11) is 2.06. The molecular formula is C31H30F2N4O4S. The van der Waals surface area contributed by atoms with Crippen LogP contribution in [0.25, 0.3) is 32.1 Å². The van der Waals surface area contributed by atoms with Crippen molar-refractivity contribution in [1.29, 1.82) is 5.26 Å². The van der Waals surface area contributed by atoms with Crippen molar-refractivity contribution in [3.05, 3.63) is 52.6 Å². The molecule has 2 aliphatic rings. The molecule has 2 aromatic heterocycles. The monoisotopic (exact) mass is 592 g/mol. The number of nitrogens with one attached hydrogen (secondary N) is 1. The third-order valence-corrected chi connectivity index (χ3v) is 8.78. The summed E-state index contributed by atoms with van der Waals surface area (Å²) in [6.45, 7) is 7.01. The van der Waals surface area contributed by atoms with Gasteiger partial charge in [-0.1, -0.05) is 6.07 Å². The summed E-state index contributed by atoms with van der Waals surface area (Å²) >= 11 is 0.899. The molecular weight excluding hydrogens is 562 g/mol. The molecule has 1 amide bonds. The lowest BCUT2D eigenvalue weighted by molar-refractivity contribution is 0.0636. The Bertz CT molecular complexity index is 1780. The number of nitrogens with zero attached hydrogens (tertiary/aromatic N) is 3. The molecule has 2 aromatic carbocycles. The van der Waals surface area contributed by atoms with Gasteiger partial charge >= 0.3 is 6.09 Å². The van der Waals surface area contributed by atoms with Crippen LogP contribution in [0.15, 0.2) is 24.3 Å². The molecule has 0 aliphatic carbocycles. The van der Waals surface area contributed by atoms with Crippen LogP contribution in [-0.2, 0) is 22.7 Å². The van der Waals surface area contributed by atoms with Crippen molar-refractivity contribution in [2.24, 2.45) is 0 Å². The number of hydrogen-bond acceptors (Lipinski definition) is 8. The maximum absolute atomic E-state index is 16.6. The van der Waals surface area contributed by atoms with Crippen LogP contribution in [-0.4, -0.2) is 47.8 Å². The molecule has 4 aromatic rings. The van der Waals surface area contributed by atoms with Crippen molar-refractivity contribution >= 4 is 43.4 Å². The average Bonchev–Trinajstić information content (AvgIpc) is 3.66. The van der Waals surface area contributed by atoms with Gasteiger partial charge in [0.15, 0.2) is 5.82 Å². The van der Waals surface area contributed by atoms with Crippen LogP contribution in [0.2, 0.25) is 0 Å². The standard InChI is InChI=1S/C31H30F2N4O4S/c1-31(2,3)41-30(38)36-29-19(12-34)25-18(7-9-22(32)28(25)42-29)24-21-15-39-14-20(21)17-8-10-23(35-27(17)26(24)33)40-13-16-6-5-11-37(16)4/h7-10,16H,5-6,11,13-15H2,1-4H3,(H,36,38). The molecule has 0 radical (unpaired) electrons. The number of benzene rings is 2. The molecule has 1 saturated heterocycles. The fourth-order valence-electron chi connectivity index (χ4n) is 5.70. The van der Waals surface area contributed by atoms with Crippen molar-refractivity contribution < 1.29 is 27.8 Å². The molecule has 1 fully saturated rings. The van der Waals surface area contributed by atoms with Crippen molar-refractivity contribution in [1.82, 2.24) is 9.88 Å². The second-order valence-electron chi connectivity index (χ2n) is 11.6. The number of pyridine rings is 1. The van der Waals surface area contributed by atoms with E-state index in [1.54, 1.807) is 32.9 Å². The highest BCUT2D eigenvalue weighted by Gasteiger charge is 2.30. The fraction of sp³-hybridized carbons (Fsp3) is 0.387. The number of hydrogen-bond donors (Lipinski definition) is 1. The number of thiophene rings is 1. The molecule has 0 saturated carbocycles. The van der Waals surface area contributed by atoms with Crippen LogP contribution >= 0.6 is 11.3 Å². The van der Waals surface area contributed by atoms with E-state index >= 15 is 8.78 Å². The topological polar surface area (TPSA) is 96.7 Å². The zero-order chi connectivity index (χ0) is 29.8. The Morgan fingerprint density at radius 2 is 2.02 bits per heavy atom. The fourth-order valence-corrected chi connectivity index (χ4v) is 6.77. The van der Waals surface area contributed by atoms with Gasteiger partial charge in [0.05, 0.1) is 23.5 Å². The predicted octanol–water partition coefficient (Wildman–Crippen LogP) is 7.12. The van der Waals surface area contributed by atoms with Gasteiger partial charge in [0.2, 0.25) is 5.88 Å². The van der Waals surface area contributed by atoms with Gasteiger partial charge in [-0.2, -0.15) is 5.26 Å². The Kier molecular flexibility index (Phi) is 7.25. The van der Waals surface area contributed by atoms with Gasteiger partial charge in [-0.05, 0) is 76.0 Å². The summed E-state index contributed by atoms with van der Waals surface area (Å²) in [5, 5.41) is 13.7. The third kappa shape index (κ3) is 5.04. The van der Waals surface area contributed by atoms with Gasteiger partial charge in [-0.25, -0.2) is 18.6 Å². The molecule has 11 heteroatoms. The molecule has 8 nitrogen and oxygen atoms in total. The molecule has 1 N–H and O–H groups in total. The quantitative estimate of drug-likeness (QED) is 0.264. The highest BCUT2D eigenvalue weighted by Crippen LogP contribution is 2.47. The second-order valence-corrected chi connectivity index (χ2v) is 12.6. The number of halogens is 2. The summed E-state index contributed by atoms with van der Waals surface area (Å²) in [6, 6.07) is 8.60. The van der Waals surface area contributed by atoms with Gasteiger partial charge < -0.3 is 19.1 Å². The lowest BCUT2D eigenvalue weighted by Gasteiger charge is -2.20. The molecule has 4 heterocycles. The van der Waals surface area contributed by atoms with Crippen molar-refractivity contribution in [3.8, 4) is 23.1 Å². The van der Waals surface area contributed by atoms with Crippen molar-refractivity contribution in [3.63, 3.8) is 0 Å². The number of likely N-dealkylation sites (N-methyl/N-ethyl adjacent to an activating group) is 1. The van der Waals surface area contributed by atoms with Crippen LogP contribution in [0.3, 0.4) is 0 Å². The number of carbonyl (C=O) groups excluding carboxylic acids is 1. The minimum Gasteiger partial charge on any atom is -0.476 e. The number of likely N-dealkylation sites (tertiary alicyclic amines) is 1. The van der Waals surface area contributed by atoms with Gasteiger partial charge in [0, 0.05) is 28.4 Å². The molecule has 0 bridgehead atoms. The highest BCUT2D eigenvalue weighted by atomic mass is 32.1. The Hall–Kier alpha value is -3.85. The summed E-state index contributed by atoms with van der Waals surface area (Å²) < 4.78 is 49.0. The van der Waals surface area contributed by atoms with E-state index in [0.717, 1.165) is 36.3 Å². The largest absolute Gasteiger partial charge is 0.476 e. The summed E-state index contributed by atoms with van der Waals surface area (Å²) in [4.78, 5) is 19.3. The first kappa shape index (κ1) is 28.3. The molecule has 6 rings (SSSR count). The van der Waals surface area contributed by atoms with Crippen LogP contribution < -0.4 is 10.1 Å². The number of ether oxygens (including phenoxy) is 3. The molecule has 1 atom stereocenters. The summed E-state index contributed by atoms with van der Waals surface area (Å²) in [5.74, 6) is -0.887. The zero-order valence-corrected chi connectivity index (χ0v) is 24.6. The van der Waals surface area contributed by atoms with E-state index in [1.807, 2.05) is 0 Å². The smallest absolute Gasteiger partial charge is 0.412 e. The first-order chi connectivity index (χ1) is 20.1. The number of aromatic nitrogens is 1. The predicted molar refractivity (Wildman–Crippen MR) is 157 cm³/mol.